The van der Waals surface area contributed by atoms with Crippen LogP contribution in [0.25, 0.3) is 0 Å². The lowest BCUT2D eigenvalue weighted by molar-refractivity contribution is 0.413. The molecule has 0 aromatic heterocycles. The van der Waals surface area contributed by atoms with E-state index >= 15 is 0 Å². The van der Waals surface area contributed by atoms with Crippen molar-refractivity contribution in [2.45, 2.75) is 33.1 Å². The van der Waals surface area contributed by atoms with Gasteiger partial charge in [-0.25, -0.2) is 0 Å². The lowest BCUT2D eigenvalue weighted by atomic mass is 10.2. The van der Waals surface area contributed by atoms with Crippen molar-refractivity contribution in [1.82, 2.24) is 4.90 Å². The zero-order valence-electron chi connectivity index (χ0n) is 11.4. The highest BCUT2D eigenvalue weighted by atomic mass is 15.2. The summed E-state index contributed by atoms with van der Waals surface area (Å²) in [5, 5.41) is 0. The first-order valence-corrected chi connectivity index (χ1v) is 6.15. The summed E-state index contributed by atoms with van der Waals surface area (Å²) in [6, 6.07) is 0. The van der Waals surface area contributed by atoms with Gasteiger partial charge in [-0.05, 0) is 31.4 Å². The van der Waals surface area contributed by atoms with Gasteiger partial charge in [0.25, 0.3) is 0 Å². The number of amidine groups is 1. The molecule has 0 aromatic carbocycles. The summed E-state index contributed by atoms with van der Waals surface area (Å²) in [6.45, 7) is 9.94. The molecule has 0 saturated heterocycles. The molecule has 94 valence electrons. The summed E-state index contributed by atoms with van der Waals surface area (Å²) in [5.41, 5.74) is 1.13. The molecule has 0 fully saturated rings. The Labute approximate surface area is 106 Å². The van der Waals surface area contributed by atoms with E-state index in [9.17, 15) is 0 Å². The second-order valence-corrected chi connectivity index (χ2v) is 3.97. The third kappa shape index (κ3) is 6.63. The number of hydrogen-bond acceptors (Lipinski definition) is 1. The van der Waals surface area contributed by atoms with Gasteiger partial charge in [-0.1, -0.05) is 19.6 Å². The fourth-order valence-electron chi connectivity index (χ4n) is 1.54. The average Bonchev–Trinajstić information content (AvgIpc) is 2.35. The minimum Gasteiger partial charge on any atom is -0.357 e. The highest BCUT2D eigenvalue weighted by molar-refractivity contribution is 5.93. The lowest BCUT2D eigenvalue weighted by Gasteiger charge is -2.24. The monoisotopic (exact) mass is 232 g/mol. The van der Waals surface area contributed by atoms with E-state index in [0.717, 1.165) is 43.8 Å². The van der Waals surface area contributed by atoms with E-state index in [1.165, 1.54) is 0 Å². The van der Waals surface area contributed by atoms with Crippen LogP contribution >= 0.6 is 0 Å². The minimum atomic E-state index is 0.821. The standard InChI is InChI=1S/C15H24N2/c1-6-9-10-12-17(11-7-2)15(16-5)13-14(4)8-3/h1,8,13H,3,7,9-12H2,2,4-5H3/b14-13-,16-15?. The minimum absolute atomic E-state index is 0.821. The Kier molecular flexibility index (Phi) is 8.86. The maximum atomic E-state index is 5.28. The normalized spacial score (nSPS) is 12.1. The summed E-state index contributed by atoms with van der Waals surface area (Å²) in [7, 11) is 1.83. The highest BCUT2D eigenvalue weighted by Crippen LogP contribution is 2.03. The molecule has 0 bridgehead atoms. The van der Waals surface area contributed by atoms with Crippen LogP contribution in [0, 0.1) is 12.3 Å². The molecule has 0 atom stereocenters. The van der Waals surface area contributed by atoms with Crippen LogP contribution in [0.4, 0.5) is 0 Å². The van der Waals surface area contributed by atoms with E-state index < -0.39 is 0 Å². The van der Waals surface area contributed by atoms with E-state index in [1.54, 1.807) is 0 Å². The van der Waals surface area contributed by atoms with Gasteiger partial charge >= 0.3 is 0 Å². The van der Waals surface area contributed by atoms with Gasteiger partial charge in [0.1, 0.15) is 5.84 Å². The molecule has 0 aliphatic heterocycles. The third-order valence-corrected chi connectivity index (χ3v) is 2.47. The van der Waals surface area contributed by atoms with E-state index in [2.05, 4.69) is 35.4 Å². The molecule has 0 rings (SSSR count). The third-order valence-electron chi connectivity index (χ3n) is 2.47. The molecular formula is C15H24N2. The largest absolute Gasteiger partial charge is 0.357 e. The molecule has 0 radical (unpaired) electrons. The number of hydrogen-bond donors (Lipinski definition) is 0. The Morgan fingerprint density at radius 3 is 2.65 bits per heavy atom. The summed E-state index contributed by atoms with van der Waals surface area (Å²) in [5.74, 6) is 3.69. The molecule has 0 aliphatic carbocycles. The van der Waals surface area contributed by atoms with Crippen LogP contribution < -0.4 is 0 Å². The smallest absolute Gasteiger partial charge is 0.123 e. The Balaban J connectivity index is 4.64. The van der Waals surface area contributed by atoms with Gasteiger partial charge in [0, 0.05) is 26.6 Å². The number of unbranched alkanes of at least 4 members (excludes halogenated alkanes) is 1. The quantitative estimate of drug-likeness (QED) is 0.216. The molecule has 2 heteroatoms. The molecule has 0 aliphatic rings. The van der Waals surface area contributed by atoms with E-state index in [1.807, 2.05) is 20.0 Å². The van der Waals surface area contributed by atoms with Crippen LogP contribution in [0.3, 0.4) is 0 Å². The van der Waals surface area contributed by atoms with Gasteiger partial charge in [0.15, 0.2) is 0 Å². The first-order chi connectivity index (χ1) is 8.19. The van der Waals surface area contributed by atoms with Crippen LogP contribution in [-0.2, 0) is 0 Å². The molecule has 0 amide bonds. The number of allylic oxidation sites excluding steroid dienone is 2. The zero-order valence-corrected chi connectivity index (χ0v) is 11.4. The molecule has 0 saturated carbocycles. The molecule has 2 nitrogen and oxygen atoms in total. The second-order valence-electron chi connectivity index (χ2n) is 3.97. The van der Waals surface area contributed by atoms with Gasteiger partial charge < -0.3 is 4.90 Å². The number of rotatable bonds is 7. The zero-order chi connectivity index (χ0) is 13.1. The van der Waals surface area contributed by atoms with Crippen molar-refractivity contribution < 1.29 is 0 Å². The first kappa shape index (κ1) is 15.5. The van der Waals surface area contributed by atoms with Crippen LogP contribution in [0.1, 0.15) is 33.1 Å². The molecular weight excluding hydrogens is 208 g/mol. The van der Waals surface area contributed by atoms with Crippen LogP contribution in [-0.4, -0.2) is 30.9 Å². The Morgan fingerprint density at radius 1 is 1.47 bits per heavy atom. The van der Waals surface area contributed by atoms with Crippen LogP contribution in [0.2, 0.25) is 0 Å². The first-order valence-electron chi connectivity index (χ1n) is 6.15. The molecule has 0 N–H and O–H groups in total. The average molecular weight is 232 g/mol. The van der Waals surface area contributed by atoms with Crippen molar-refractivity contribution in [2.24, 2.45) is 4.99 Å². The second kappa shape index (κ2) is 9.72. The Hall–Kier alpha value is -1.49. The van der Waals surface area contributed by atoms with Crippen molar-refractivity contribution in [3.05, 3.63) is 24.3 Å². The van der Waals surface area contributed by atoms with Gasteiger partial charge in [0.2, 0.25) is 0 Å². The number of aliphatic imine (C=N–C) groups is 1. The highest BCUT2D eigenvalue weighted by Gasteiger charge is 2.06. The predicted octanol–water partition coefficient (Wildman–Crippen LogP) is 3.27. The fourth-order valence-corrected chi connectivity index (χ4v) is 1.54. The van der Waals surface area contributed by atoms with Crippen molar-refractivity contribution >= 4 is 5.84 Å². The number of nitrogens with zero attached hydrogens (tertiary/aromatic N) is 2. The molecule has 17 heavy (non-hydrogen) atoms. The van der Waals surface area contributed by atoms with E-state index in [-0.39, 0.29) is 0 Å². The lowest BCUT2D eigenvalue weighted by Crippen LogP contribution is -2.31. The molecule has 0 heterocycles. The topological polar surface area (TPSA) is 15.6 Å². The molecule has 0 unspecified atom stereocenters. The van der Waals surface area contributed by atoms with Crippen molar-refractivity contribution in [3.8, 4) is 12.3 Å². The molecule has 0 spiro atoms. The Morgan fingerprint density at radius 2 is 2.18 bits per heavy atom. The summed E-state index contributed by atoms with van der Waals surface area (Å²) in [4.78, 5) is 6.62. The van der Waals surface area contributed by atoms with Crippen molar-refractivity contribution in [3.63, 3.8) is 0 Å². The van der Waals surface area contributed by atoms with Crippen molar-refractivity contribution in [1.29, 1.82) is 0 Å². The fraction of sp³-hybridized carbons (Fsp3) is 0.533. The summed E-state index contributed by atoms with van der Waals surface area (Å²) >= 11 is 0. The molecule has 0 aromatic rings. The summed E-state index contributed by atoms with van der Waals surface area (Å²) < 4.78 is 0. The number of terminal acetylenes is 1. The Bertz CT molecular complexity index is 318. The van der Waals surface area contributed by atoms with Gasteiger partial charge in [-0.2, -0.15) is 0 Å². The van der Waals surface area contributed by atoms with E-state index in [4.69, 9.17) is 6.42 Å². The maximum Gasteiger partial charge on any atom is 0.123 e. The predicted molar refractivity (Wildman–Crippen MR) is 77.2 cm³/mol. The van der Waals surface area contributed by atoms with Gasteiger partial charge in [-0.3, -0.25) is 4.99 Å². The van der Waals surface area contributed by atoms with Gasteiger partial charge in [-0.15, -0.1) is 12.3 Å². The van der Waals surface area contributed by atoms with Crippen molar-refractivity contribution in [2.75, 3.05) is 20.1 Å². The SMILES string of the molecule is C#CCCCN(CCC)C(/C=C(/C)C=C)=NC. The van der Waals surface area contributed by atoms with Crippen LogP contribution in [0.5, 0.6) is 0 Å². The van der Waals surface area contributed by atoms with Crippen LogP contribution in [0.15, 0.2) is 29.3 Å². The van der Waals surface area contributed by atoms with Gasteiger partial charge in [0.05, 0.1) is 0 Å². The maximum absolute atomic E-state index is 5.28. The summed E-state index contributed by atoms with van der Waals surface area (Å²) in [6.07, 6.45) is 12.1. The van der Waals surface area contributed by atoms with E-state index in [0.29, 0.717) is 0 Å².